The van der Waals surface area contributed by atoms with Crippen LogP contribution in [0.4, 0.5) is 51.7 Å². The maximum atomic E-state index is 17.4. The Morgan fingerprint density at radius 1 is 0.303 bits per heavy atom. The van der Waals surface area contributed by atoms with Crippen molar-refractivity contribution >= 4 is 68.2 Å². The zero-order chi connectivity index (χ0) is 66.9. The lowest BCUT2D eigenvalue weighted by atomic mass is 9.67. The number of hydrogen-bond acceptors (Lipinski definition) is 5. The Bertz CT molecular complexity index is 5270. The summed E-state index contributed by atoms with van der Waals surface area (Å²) < 4.78 is 89.3. The fourth-order valence-electron chi connectivity index (χ4n) is 15.3. The zero-order valence-corrected chi connectivity index (χ0v) is 53.2. The third-order valence-corrected chi connectivity index (χ3v) is 19.5. The molecule has 0 radical (unpaired) electrons. The molecule has 2 unspecified atom stereocenters. The van der Waals surface area contributed by atoms with E-state index in [1.165, 1.54) is 36.4 Å². The molecule has 2 atom stereocenters. The molecule has 0 saturated carbocycles. The van der Waals surface area contributed by atoms with Crippen molar-refractivity contribution < 1.29 is 31.5 Å². The summed E-state index contributed by atoms with van der Waals surface area (Å²) in [7, 11) is 0. The van der Waals surface area contributed by atoms with Crippen molar-refractivity contribution in [3.05, 3.63) is 408 Å². The fraction of sp³-hybridized carbons (Fsp3) is 0.0222. The highest BCUT2D eigenvalue weighted by Crippen LogP contribution is 2.61. The lowest BCUT2D eigenvalue weighted by Crippen LogP contribution is -2.31. The van der Waals surface area contributed by atoms with Crippen LogP contribution in [0.2, 0.25) is 0 Å². The van der Waals surface area contributed by atoms with Crippen molar-refractivity contribution in [2.24, 2.45) is 0 Å². The number of benzene rings is 14. The summed E-state index contributed by atoms with van der Waals surface area (Å²) in [6.45, 7) is 7.77. The summed E-state index contributed by atoms with van der Waals surface area (Å²) >= 11 is 0. The molecule has 9 heteroatoms. The van der Waals surface area contributed by atoms with Gasteiger partial charge >= 0.3 is 0 Å². The molecule has 17 rings (SSSR count). The van der Waals surface area contributed by atoms with E-state index in [0.717, 1.165) is 78.0 Å². The van der Waals surface area contributed by atoms with E-state index in [9.17, 15) is 0 Å². The van der Waals surface area contributed by atoms with E-state index >= 15 is 17.6 Å². The van der Waals surface area contributed by atoms with Gasteiger partial charge in [-0.2, -0.15) is 0 Å². The minimum absolute atomic E-state index is 0.108. The van der Waals surface area contributed by atoms with E-state index in [-0.39, 0.29) is 11.1 Å². The van der Waals surface area contributed by atoms with E-state index in [1.807, 2.05) is 231 Å². The van der Waals surface area contributed by atoms with Crippen LogP contribution in [0.3, 0.4) is 0 Å². The predicted molar refractivity (Wildman–Crippen MR) is 391 cm³/mol. The molecule has 14 aromatic carbocycles. The number of anilines is 6. The van der Waals surface area contributed by atoms with Crippen molar-refractivity contribution in [3.8, 4) is 45.3 Å². The van der Waals surface area contributed by atoms with Crippen LogP contribution >= 0.6 is 0 Å². The van der Waals surface area contributed by atoms with Gasteiger partial charge in [0.1, 0.15) is 57.4 Å². The molecule has 2 aliphatic carbocycles. The molecule has 474 valence electrons. The zero-order valence-electron chi connectivity index (χ0n) is 53.2. The summed E-state index contributed by atoms with van der Waals surface area (Å²) in [5.41, 5.74) is 11.7. The minimum Gasteiger partial charge on any atom is -0.457 e. The van der Waals surface area contributed by atoms with Crippen LogP contribution in [0, 0.1) is 23.3 Å². The monoisotopic (exact) mass is 1290 g/mol. The van der Waals surface area contributed by atoms with Gasteiger partial charge in [-0.05, 0) is 212 Å². The standard InChI is InChI=1S/C90H58F4N2O3/c1-3-57-35-45-65(46-36-57)97-67-49-39-59(40-50-67)89(87-77(91)27-15-28-78(87)92)73-25-13-11-23-69(73)71-53-43-63(55-75(71)89)95(61-19-7-5-8-20-61)81-31-17-33-83-85(81)86-82(32-18-34-84(86)99-83)96(62-21-9-6-10-22-62)64-44-54-72-70-24-12-14-26-74(70)90(76(72)56-64,88-79(93)29-16-30-80(88)94)60-41-51-68(52-42-60)98-66-47-37-58(4-2)38-48-66/h3-56H,1-2H2. The number of para-hydroxylation sites is 2. The molecule has 0 bridgehead atoms. The molecule has 0 saturated heterocycles. The molecule has 0 N–H and O–H groups in total. The summed E-state index contributed by atoms with van der Waals surface area (Å²) in [6, 6.07) is 98.6. The number of rotatable bonds is 16. The molecular formula is C90H58F4N2O3. The normalized spacial score (nSPS) is 14.8. The highest BCUT2D eigenvalue weighted by Gasteiger charge is 2.51. The first kappa shape index (κ1) is 60.0. The molecule has 1 aromatic heterocycles. The first-order chi connectivity index (χ1) is 48.6. The number of furan rings is 1. The summed E-state index contributed by atoms with van der Waals surface area (Å²) in [5.74, 6) is -0.442. The molecule has 0 amide bonds. The lowest BCUT2D eigenvalue weighted by Gasteiger charge is -2.35. The number of halogens is 4. The smallest absolute Gasteiger partial charge is 0.137 e. The average molecular weight is 1290 g/mol. The van der Waals surface area contributed by atoms with E-state index < -0.39 is 34.1 Å². The van der Waals surface area contributed by atoms with Crippen molar-refractivity contribution in [2.45, 2.75) is 10.8 Å². The molecular weight excluding hydrogens is 1230 g/mol. The average Bonchev–Trinajstić information content (AvgIpc) is 1.56. The second-order valence-corrected chi connectivity index (χ2v) is 24.8. The number of fused-ring (bicyclic) bond motifs is 9. The Labute approximate surface area is 569 Å². The lowest BCUT2D eigenvalue weighted by molar-refractivity contribution is 0.481. The van der Waals surface area contributed by atoms with Gasteiger partial charge in [0, 0.05) is 33.9 Å². The Morgan fingerprint density at radius 2 is 0.636 bits per heavy atom. The van der Waals surface area contributed by atoms with Gasteiger partial charge in [-0.3, -0.25) is 0 Å². The topological polar surface area (TPSA) is 38.1 Å². The number of nitrogens with zero attached hydrogens (tertiary/aromatic N) is 2. The summed E-state index contributed by atoms with van der Waals surface area (Å²) in [4.78, 5) is 4.36. The van der Waals surface area contributed by atoms with E-state index in [0.29, 0.717) is 67.8 Å². The Hall–Kier alpha value is -12.7. The fourth-order valence-corrected chi connectivity index (χ4v) is 15.3. The van der Waals surface area contributed by atoms with Crippen LogP contribution in [0.25, 0.3) is 56.3 Å². The molecule has 15 aromatic rings. The SMILES string of the molecule is C=Cc1ccc(Oc2ccc(C3(c4c(F)cccc4F)c4ccccc4-c4ccc(N(c5ccccc5)c5cccc6oc7cccc(N(c8ccccc8)c8ccc9c(c8)C(c8ccc(Oc%10ccc(C=C)cc%10)cc8)(c8c(F)cccc8F)c8ccccc8-9)c7c56)cc43)cc2)cc1. The van der Waals surface area contributed by atoms with Gasteiger partial charge in [0.25, 0.3) is 0 Å². The molecule has 2 aliphatic rings. The van der Waals surface area contributed by atoms with Gasteiger partial charge in [-0.25, -0.2) is 17.6 Å². The third kappa shape index (κ3) is 9.67. The molecule has 0 aliphatic heterocycles. The van der Waals surface area contributed by atoms with Gasteiger partial charge in [0.2, 0.25) is 0 Å². The van der Waals surface area contributed by atoms with E-state index in [2.05, 4.69) is 71.5 Å². The van der Waals surface area contributed by atoms with Gasteiger partial charge in [0.15, 0.2) is 0 Å². The first-order valence-corrected chi connectivity index (χ1v) is 32.7. The third-order valence-electron chi connectivity index (χ3n) is 19.5. The first-order valence-electron chi connectivity index (χ1n) is 32.7. The molecule has 99 heavy (non-hydrogen) atoms. The van der Waals surface area contributed by atoms with Gasteiger partial charge in [-0.15, -0.1) is 0 Å². The van der Waals surface area contributed by atoms with Crippen LogP contribution in [-0.4, -0.2) is 0 Å². The Kier molecular flexibility index (Phi) is 14.6. The van der Waals surface area contributed by atoms with Gasteiger partial charge < -0.3 is 23.7 Å². The van der Waals surface area contributed by atoms with Crippen LogP contribution in [0.1, 0.15) is 55.6 Å². The largest absolute Gasteiger partial charge is 0.457 e. The summed E-state index contributed by atoms with van der Waals surface area (Å²) in [6.07, 6.45) is 3.54. The van der Waals surface area contributed by atoms with Crippen molar-refractivity contribution in [1.82, 2.24) is 0 Å². The predicted octanol–water partition coefficient (Wildman–Crippen LogP) is 24.7. The quantitative estimate of drug-likeness (QED) is 0.0902. The highest BCUT2D eigenvalue weighted by molar-refractivity contribution is 6.19. The van der Waals surface area contributed by atoms with E-state index in [4.69, 9.17) is 13.9 Å². The van der Waals surface area contributed by atoms with Crippen molar-refractivity contribution in [2.75, 3.05) is 9.80 Å². The van der Waals surface area contributed by atoms with E-state index in [1.54, 1.807) is 12.2 Å². The number of ether oxygens (including phenoxy) is 2. The molecule has 1 heterocycles. The Morgan fingerprint density at radius 3 is 1.01 bits per heavy atom. The van der Waals surface area contributed by atoms with Crippen molar-refractivity contribution in [1.29, 1.82) is 0 Å². The second-order valence-electron chi connectivity index (χ2n) is 24.8. The van der Waals surface area contributed by atoms with Gasteiger partial charge in [-0.1, -0.05) is 195 Å². The molecule has 5 nitrogen and oxygen atoms in total. The van der Waals surface area contributed by atoms with Crippen LogP contribution in [0.15, 0.2) is 333 Å². The van der Waals surface area contributed by atoms with Gasteiger partial charge in [0.05, 0.1) is 33.0 Å². The Balaban J connectivity index is 0.865. The van der Waals surface area contributed by atoms with Crippen LogP contribution in [-0.2, 0) is 10.8 Å². The summed E-state index contributed by atoms with van der Waals surface area (Å²) in [5, 5.41) is 1.54. The maximum Gasteiger partial charge on any atom is 0.137 e. The molecule has 0 spiro atoms. The van der Waals surface area contributed by atoms with Crippen molar-refractivity contribution in [3.63, 3.8) is 0 Å². The minimum atomic E-state index is -1.52. The highest BCUT2D eigenvalue weighted by atomic mass is 19.1. The number of hydrogen-bond donors (Lipinski definition) is 0. The van der Waals surface area contributed by atoms with Crippen LogP contribution < -0.4 is 19.3 Å². The van der Waals surface area contributed by atoms with Crippen LogP contribution in [0.5, 0.6) is 23.0 Å². The second kappa shape index (κ2) is 24.2. The molecule has 0 fully saturated rings. The maximum absolute atomic E-state index is 17.4.